The fourth-order valence-electron chi connectivity index (χ4n) is 2.29. The molecule has 0 fully saturated rings. The lowest BCUT2D eigenvalue weighted by Crippen LogP contribution is -2.13. The zero-order valence-electron chi connectivity index (χ0n) is 12.5. The average Bonchev–Trinajstić information content (AvgIpc) is 2.76. The van der Waals surface area contributed by atoms with Gasteiger partial charge >= 0.3 is 0 Å². The molecule has 0 spiro atoms. The van der Waals surface area contributed by atoms with Gasteiger partial charge in [-0.2, -0.15) is 0 Å². The number of fused-ring (bicyclic) bond motifs is 1. The van der Waals surface area contributed by atoms with Gasteiger partial charge in [0.2, 0.25) is 0 Å². The number of amides is 1. The summed E-state index contributed by atoms with van der Waals surface area (Å²) in [6.07, 6.45) is 0.737. The molecule has 0 unspecified atom stereocenters. The SMILES string of the molecule is Cc1ccc(F)c(NC(=O)c2cc(Cl)c3c(c2)OCCCO3)c1. The summed E-state index contributed by atoms with van der Waals surface area (Å²) in [6, 6.07) is 7.55. The van der Waals surface area contributed by atoms with Gasteiger partial charge in [0.25, 0.3) is 5.91 Å². The van der Waals surface area contributed by atoms with E-state index < -0.39 is 11.7 Å². The minimum absolute atomic E-state index is 0.123. The number of nitrogens with one attached hydrogen (secondary N) is 1. The maximum Gasteiger partial charge on any atom is 0.255 e. The van der Waals surface area contributed by atoms with Crippen molar-refractivity contribution in [1.82, 2.24) is 0 Å². The van der Waals surface area contributed by atoms with Crippen LogP contribution in [0.1, 0.15) is 22.3 Å². The van der Waals surface area contributed by atoms with Crippen LogP contribution in [0.15, 0.2) is 30.3 Å². The molecule has 1 aliphatic heterocycles. The van der Waals surface area contributed by atoms with Crippen molar-refractivity contribution in [3.8, 4) is 11.5 Å². The number of benzene rings is 2. The summed E-state index contributed by atoms with van der Waals surface area (Å²) in [7, 11) is 0. The molecule has 4 nitrogen and oxygen atoms in total. The average molecular weight is 336 g/mol. The fourth-order valence-corrected chi connectivity index (χ4v) is 2.56. The zero-order chi connectivity index (χ0) is 16.4. The molecule has 120 valence electrons. The molecule has 0 aliphatic carbocycles. The van der Waals surface area contributed by atoms with E-state index in [0.717, 1.165) is 12.0 Å². The van der Waals surface area contributed by atoms with Gasteiger partial charge in [0, 0.05) is 12.0 Å². The molecular weight excluding hydrogens is 321 g/mol. The van der Waals surface area contributed by atoms with Crippen molar-refractivity contribution in [2.45, 2.75) is 13.3 Å². The summed E-state index contributed by atoms with van der Waals surface area (Å²) in [5.41, 5.74) is 1.25. The number of ether oxygens (including phenoxy) is 2. The highest BCUT2D eigenvalue weighted by atomic mass is 35.5. The molecule has 3 rings (SSSR count). The Kier molecular flexibility index (Phi) is 4.39. The molecule has 6 heteroatoms. The lowest BCUT2D eigenvalue weighted by atomic mass is 10.1. The minimum Gasteiger partial charge on any atom is -0.489 e. The number of aryl methyl sites for hydroxylation is 1. The quantitative estimate of drug-likeness (QED) is 0.894. The van der Waals surface area contributed by atoms with E-state index in [2.05, 4.69) is 5.32 Å². The Labute approximate surface area is 138 Å². The first-order valence-corrected chi connectivity index (χ1v) is 7.59. The number of hydrogen-bond acceptors (Lipinski definition) is 3. The standard InChI is InChI=1S/C17H15ClFNO3/c1-10-3-4-13(19)14(7-10)20-17(21)11-8-12(18)16-15(9-11)22-5-2-6-23-16/h3-4,7-9H,2,5-6H2,1H3,(H,20,21). The highest BCUT2D eigenvalue weighted by molar-refractivity contribution is 6.32. The Morgan fingerprint density at radius 1 is 1.22 bits per heavy atom. The van der Waals surface area contributed by atoms with Crippen molar-refractivity contribution in [3.63, 3.8) is 0 Å². The summed E-state index contributed by atoms with van der Waals surface area (Å²) in [6.45, 7) is 2.81. The highest BCUT2D eigenvalue weighted by Crippen LogP contribution is 2.38. The third-order valence-electron chi connectivity index (χ3n) is 3.43. The van der Waals surface area contributed by atoms with E-state index in [4.69, 9.17) is 21.1 Å². The molecule has 2 aromatic rings. The van der Waals surface area contributed by atoms with Crippen LogP contribution in [0.4, 0.5) is 10.1 Å². The van der Waals surface area contributed by atoms with Gasteiger partial charge in [-0.25, -0.2) is 4.39 Å². The third-order valence-corrected chi connectivity index (χ3v) is 3.72. The lowest BCUT2D eigenvalue weighted by Gasteiger charge is -2.12. The third kappa shape index (κ3) is 3.40. The van der Waals surface area contributed by atoms with Crippen LogP contribution in [0.3, 0.4) is 0 Å². The van der Waals surface area contributed by atoms with E-state index in [0.29, 0.717) is 29.7 Å². The van der Waals surface area contributed by atoms with Gasteiger partial charge in [-0.3, -0.25) is 4.79 Å². The molecule has 0 bridgehead atoms. The molecule has 23 heavy (non-hydrogen) atoms. The van der Waals surface area contributed by atoms with Crippen LogP contribution in [0.25, 0.3) is 0 Å². The Hall–Kier alpha value is -2.27. The van der Waals surface area contributed by atoms with Gasteiger partial charge in [-0.05, 0) is 36.8 Å². The van der Waals surface area contributed by atoms with Gasteiger partial charge in [0.15, 0.2) is 11.5 Å². The summed E-state index contributed by atoms with van der Waals surface area (Å²) in [4.78, 5) is 12.4. The second kappa shape index (κ2) is 6.46. The molecular formula is C17H15ClFNO3. The van der Waals surface area contributed by atoms with Crippen molar-refractivity contribution >= 4 is 23.2 Å². The van der Waals surface area contributed by atoms with Crippen molar-refractivity contribution in [2.24, 2.45) is 0 Å². The van der Waals surface area contributed by atoms with E-state index >= 15 is 0 Å². The molecule has 0 atom stereocenters. The Balaban J connectivity index is 1.89. The highest BCUT2D eigenvalue weighted by Gasteiger charge is 2.19. The van der Waals surface area contributed by atoms with Crippen LogP contribution in [0, 0.1) is 12.7 Å². The molecule has 1 amide bonds. The first-order chi connectivity index (χ1) is 11.0. The van der Waals surface area contributed by atoms with Crippen molar-refractivity contribution in [1.29, 1.82) is 0 Å². The second-order valence-corrected chi connectivity index (χ2v) is 5.68. The summed E-state index contributed by atoms with van der Waals surface area (Å²) < 4.78 is 24.8. The molecule has 1 N–H and O–H groups in total. The van der Waals surface area contributed by atoms with Gasteiger partial charge in [-0.1, -0.05) is 17.7 Å². The van der Waals surface area contributed by atoms with E-state index in [1.165, 1.54) is 12.1 Å². The number of carbonyl (C=O) groups is 1. The van der Waals surface area contributed by atoms with E-state index in [-0.39, 0.29) is 11.3 Å². The summed E-state index contributed by atoms with van der Waals surface area (Å²) in [5, 5.41) is 2.84. The number of halogens is 2. The van der Waals surface area contributed by atoms with Crippen LogP contribution in [-0.4, -0.2) is 19.1 Å². The van der Waals surface area contributed by atoms with Crippen LogP contribution >= 0.6 is 11.6 Å². The minimum atomic E-state index is -0.496. The largest absolute Gasteiger partial charge is 0.489 e. The Morgan fingerprint density at radius 3 is 2.83 bits per heavy atom. The first-order valence-electron chi connectivity index (χ1n) is 7.21. The predicted molar refractivity (Wildman–Crippen MR) is 86.1 cm³/mol. The first kappa shape index (κ1) is 15.6. The smallest absolute Gasteiger partial charge is 0.255 e. The fraction of sp³-hybridized carbons (Fsp3) is 0.235. The van der Waals surface area contributed by atoms with Gasteiger partial charge < -0.3 is 14.8 Å². The molecule has 0 radical (unpaired) electrons. The predicted octanol–water partition coefficient (Wildman–Crippen LogP) is 4.20. The maximum atomic E-state index is 13.8. The molecule has 2 aromatic carbocycles. The van der Waals surface area contributed by atoms with Gasteiger partial charge in [0.1, 0.15) is 5.82 Å². The number of anilines is 1. The van der Waals surface area contributed by atoms with Gasteiger partial charge in [0.05, 0.1) is 23.9 Å². The topological polar surface area (TPSA) is 47.6 Å². The van der Waals surface area contributed by atoms with E-state index in [1.54, 1.807) is 18.2 Å². The summed E-state index contributed by atoms with van der Waals surface area (Å²) >= 11 is 6.16. The lowest BCUT2D eigenvalue weighted by molar-refractivity contribution is 0.102. The van der Waals surface area contributed by atoms with Crippen molar-refractivity contribution in [2.75, 3.05) is 18.5 Å². The molecule has 1 heterocycles. The van der Waals surface area contributed by atoms with E-state index in [9.17, 15) is 9.18 Å². The van der Waals surface area contributed by atoms with Crippen LogP contribution in [0.2, 0.25) is 5.02 Å². The molecule has 0 aromatic heterocycles. The second-order valence-electron chi connectivity index (χ2n) is 5.27. The number of rotatable bonds is 2. The summed E-state index contributed by atoms with van der Waals surface area (Å²) in [5.74, 6) is -0.108. The normalized spacial score (nSPS) is 13.3. The van der Waals surface area contributed by atoms with Crippen LogP contribution < -0.4 is 14.8 Å². The number of carbonyl (C=O) groups excluding carboxylic acids is 1. The molecule has 0 saturated carbocycles. The monoisotopic (exact) mass is 335 g/mol. The Bertz CT molecular complexity index is 764. The Morgan fingerprint density at radius 2 is 2.00 bits per heavy atom. The zero-order valence-corrected chi connectivity index (χ0v) is 13.2. The van der Waals surface area contributed by atoms with Crippen LogP contribution in [-0.2, 0) is 0 Å². The van der Waals surface area contributed by atoms with Crippen molar-refractivity contribution in [3.05, 3.63) is 52.3 Å². The molecule has 1 aliphatic rings. The maximum absolute atomic E-state index is 13.8. The van der Waals surface area contributed by atoms with Crippen LogP contribution in [0.5, 0.6) is 11.5 Å². The molecule has 0 saturated heterocycles. The van der Waals surface area contributed by atoms with E-state index in [1.807, 2.05) is 6.92 Å². The number of hydrogen-bond donors (Lipinski definition) is 1. The van der Waals surface area contributed by atoms with Crippen molar-refractivity contribution < 1.29 is 18.7 Å². The van der Waals surface area contributed by atoms with Gasteiger partial charge in [-0.15, -0.1) is 0 Å².